The van der Waals surface area contributed by atoms with E-state index in [4.69, 9.17) is 10.8 Å². The molecule has 0 bridgehead atoms. The van der Waals surface area contributed by atoms with Gasteiger partial charge in [-0.1, -0.05) is 6.92 Å². The van der Waals surface area contributed by atoms with E-state index in [-0.39, 0.29) is 17.9 Å². The average molecular weight is 275 g/mol. The van der Waals surface area contributed by atoms with Crippen molar-refractivity contribution in [3.8, 4) is 0 Å². The van der Waals surface area contributed by atoms with Crippen LogP contribution in [0.2, 0.25) is 0 Å². The molecule has 17 heavy (non-hydrogen) atoms. The van der Waals surface area contributed by atoms with Gasteiger partial charge in [-0.3, -0.25) is 0 Å². The van der Waals surface area contributed by atoms with Crippen molar-refractivity contribution in [1.29, 1.82) is 0 Å². The summed E-state index contributed by atoms with van der Waals surface area (Å²) in [5, 5.41) is 18.4. The van der Waals surface area contributed by atoms with Crippen LogP contribution in [0.25, 0.3) is 0 Å². The molecule has 0 radical (unpaired) electrons. The summed E-state index contributed by atoms with van der Waals surface area (Å²) < 4.78 is 0. The Bertz CT molecular complexity index is 330. The standard InChI is InChI=1S/C12H21NO2S2/c1-3-10(13)12(16-7-9(15)6-14)11-5-4-8(2)17-11/h4-5,9-10,12,14-15H,3,6-7,13H2,1-2H3. The Labute approximate surface area is 111 Å². The zero-order chi connectivity index (χ0) is 12.8. The van der Waals surface area contributed by atoms with Crippen LogP contribution in [0.3, 0.4) is 0 Å². The molecule has 0 aliphatic carbocycles. The van der Waals surface area contributed by atoms with Gasteiger partial charge in [-0.25, -0.2) is 0 Å². The monoisotopic (exact) mass is 275 g/mol. The number of aliphatic hydroxyl groups excluding tert-OH is 2. The normalized spacial score (nSPS) is 16.8. The summed E-state index contributed by atoms with van der Waals surface area (Å²) in [5.74, 6) is 0.520. The molecular formula is C12H21NO2S2. The van der Waals surface area contributed by atoms with Crippen molar-refractivity contribution in [2.75, 3.05) is 12.4 Å². The maximum absolute atomic E-state index is 9.41. The molecule has 0 aliphatic rings. The highest BCUT2D eigenvalue weighted by atomic mass is 32.2. The maximum Gasteiger partial charge on any atom is 0.0861 e. The van der Waals surface area contributed by atoms with Gasteiger partial charge < -0.3 is 15.9 Å². The van der Waals surface area contributed by atoms with Crippen LogP contribution >= 0.6 is 23.1 Å². The Kier molecular flexibility index (Phi) is 6.51. The van der Waals surface area contributed by atoms with Gasteiger partial charge in [0.05, 0.1) is 18.0 Å². The van der Waals surface area contributed by atoms with Crippen LogP contribution in [-0.4, -0.2) is 34.7 Å². The number of aliphatic hydroxyl groups is 2. The predicted molar refractivity (Wildman–Crippen MR) is 75.6 cm³/mol. The lowest BCUT2D eigenvalue weighted by Crippen LogP contribution is -2.27. The topological polar surface area (TPSA) is 66.5 Å². The van der Waals surface area contributed by atoms with Crippen LogP contribution in [0.1, 0.15) is 28.3 Å². The molecule has 0 aliphatic heterocycles. The fraction of sp³-hybridized carbons (Fsp3) is 0.667. The van der Waals surface area contributed by atoms with Crippen molar-refractivity contribution < 1.29 is 10.2 Å². The molecule has 1 aromatic heterocycles. The molecule has 0 aromatic carbocycles. The molecule has 1 aromatic rings. The summed E-state index contributed by atoms with van der Waals surface area (Å²) >= 11 is 3.38. The van der Waals surface area contributed by atoms with Gasteiger partial charge in [0, 0.05) is 21.5 Å². The molecule has 0 fully saturated rings. The minimum atomic E-state index is -0.660. The summed E-state index contributed by atoms with van der Waals surface area (Å²) in [7, 11) is 0. The minimum absolute atomic E-state index is 0.0870. The van der Waals surface area contributed by atoms with Crippen molar-refractivity contribution in [2.24, 2.45) is 5.73 Å². The first-order valence-corrected chi connectivity index (χ1v) is 7.67. The van der Waals surface area contributed by atoms with Gasteiger partial charge in [0.25, 0.3) is 0 Å². The van der Waals surface area contributed by atoms with Crippen molar-refractivity contribution in [3.05, 3.63) is 21.9 Å². The summed E-state index contributed by atoms with van der Waals surface area (Å²) in [6.45, 7) is 3.96. The molecule has 0 saturated heterocycles. The maximum atomic E-state index is 9.41. The minimum Gasteiger partial charge on any atom is -0.394 e. The van der Waals surface area contributed by atoms with Gasteiger partial charge in [-0.05, 0) is 25.5 Å². The first-order chi connectivity index (χ1) is 8.08. The molecule has 0 saturated carbocycles. The van der Waals surface area contributed by atoms with Crippen molar-refractivity contribution >= 4 is 23.1 Å². The molecule has 0 spiro atoms. The van der Waals surface area contributed by atoms with E-state index in [1.54, 1.807) is 23.1 Å². The second-order valence-electron chi connectivity index (χ2n) is 4.11. The fourth-order valence-corrected chi connectivity index (χ4v) is 4.01. The Morgan fingerprint density at radius 1 is 1.47 bits per heavy atom. The Morgan fingerprint density at radius 3 is 2.65 bits per heavy atom. The Morgan fingerprint density at radius 2 is 2.18 bits per heavy atom. The van der Waals surface area contributed by atoms with Gasteiger partial charge >= 0.3 is 0 Å². The molecule has 1 rings (SSSR count). The van der Waals surface area contributed by atoms with Crippen molar-refractivity contribution in [1.82, 2.24) is 0 Å². The van der Waals surface area contributed by atoms with Gasteiger partial charge in [-0.15, -0.1) is 23.1 Å². The number of aryl methyl sites for hydroxylation is 1. The van der Waals surface area contributed by atoms with Gasteiger partial charge in [0.15, 0.2) is 0 Å². The number of rotatable bonds is 7. The third-order valence-electron chi connectivity index (χ3n) is 2.58. The second kappa shape index (κ2) is 7.38. The van der Waals surface area contributed by atoms with E-state index in [1.807, 2.05) is 0 Å². The predicted octanol–water partition coefficient (Wildman–Crippen LogP) is 1.92. The molecule has 3 atom stereocenters. The third-order valence-corrected chi connectivity index (χ3v) is 5.35. The zero-order valence-electron chi connectivity index (χ0n) is 10.3. The van der Waals surface area contributed by atoms with E-state index in [9.17, 15) is 5.11 Å². The molecule has 0 amide bonds. The van der Waals surface area contributed by atoms with Crippen LogP contribution in [0.15, 0.2) is 12.1 Å². The van der Waals surface area contributed by atoms with Crippen LogP contribution in [0, 0.1) is 6.92 Å². The molecule has 98 valence electrons. The lowest BCUT2D eigenvalue weighted by atomic mass is 10.1. The highest BCUT2D eigenvalue weighted by molar-refractivity contribution is 7.99. The second-order valence-corrected chi connectivity index (χ2v) is 6.60. The van der Waals surface area contributed by atoms with E-state index in [1.165, 1.54) is 9.75 Å². The van der Waals surface area contributed by atoms with E-state index >= 15 is 0 Å². The molecule has 5 heteroatoms. The summed E-state index contributed by atoms with van der Waals surface area (Å²) in [5.41, 5.74) is 6.13. The first kappa shape index (κ1) is 15.0. The van der Waals surface area contributed by atoms with Crippen LogP contribution in [-0.2, 0) is 0 Å². The summed E-state index contributed by atoms with van der Waals surface area (Å²) in [6, 6.07) is 4.29. The smallest absolute Gasteiger partial charge is 0.0861 e. The third kappa shape index (κ3) is 4.60. The van der Waals surface area contributed by atoms with Crippen molar-refractivity contribution in [3.63, 3.8) is 0 Å². The quantitative estimate of drug-likeness (QED) is 0.711. The summed E-state index contributed by atoms with van der Waals surface area (Å²) in [4.78, 5) is 2.53. The molecule has 3 nitrogen and oxygen atoms in total. The van der Waals surface area contributed by atoms with Crippen LogP contribution in [0.4, 0.5) is 0 Å². The molecular weight excluding hydrogens is 254 g/mol. The number of hydrogen-bond donors (Lipinski definition) is 3. The zero-order valence-corrected chi connectivity index (χ0v) is 11.9. The average Bonchev–Trinajstić information content (AvgIpc) is 2.75. The SMILES string of the molecule is CCC(N)C(SCC(O)CO)c1ccc(C)s1. The number of thiophene rings is 1. The van der Waals surface area contributed by atoms with Gasteiger partial charge in [-0.2, -0.15) is 0 Å². The van der Waals surface area contributed by atoms with E-state index in [0.717, 1.165) is 6.42 Å². The highest BCUT2D eigenvalue weighted by Gasteiger charge is 2.21. The van der Waals surface area contributed by atoms with Crippen LogP contribution < -0.4 is 5.73 Å². The molecule has 4 N–H and O–H groups in total. The van der Waals surface area contributed by atoms with E-state index in [2.05, 4.69) is 26.0 Å². The number of hydrogen-bond acceptors (Lipinski definition) is 5. The Balaban J connectivity index is 2.67. The Hall–Kier alpha value is -0.0700. The van der Waals surface area contributed by atoms with E-state index < -0.39 is 6.10 Å². The highest BCUT2D eigenvalue weighted by Crippen LogP contribution is 2.36. The van der Waals surface area contributed by atoms with Crippen molar-refractivity contribution in [2.45, 2.75) is 37.7 Å². The summed E-state index contributed by atoms with van der Waals surface area (Å²) in [6.07, 6.45) is 0.247. The first-order valence-electron chi connectivity index (χ1n) is 5.80. The fourth-order valence-electron chi connectivity index (χ4n) is 1.50. The molecule has 3 unspecified atom stereocenters. The largest absolute Gasteiger partial charge is 0.394 e. The number of thioether (sulfide) groups is 1. The molecule has 1 heterocycles. The van der Waals surface area contributed by atoms with Gasteiger partial charge in [0.1, 0.15) is 0 Å². The number of nitrogens with two attached hydrogens (primary N) is 1. The lowest BCUT2D eigenvalue weighted by Gasteiger charge is -2.22. The van der Waals surface area contributed by atoms with Crippen LogP contribution in [0.5, 0.6) is 0 Å². The van der Waals surface area contributed by atoms with E-state index in [0.29, 0.717) is 5.75 Å². The van der Waals surface area contributed by atoms with Gasteiger partial charge in [0.2, 0.25) is 0 Å². The lowest BCUT2D eigenvalue weighted by molar-refractivity contribution is 0.113.